The van der Waals surface area contributed by atoms with E-state index in [1.807, 2.05) is 0 Å². The van der Waals surface area contributed by atoms with E-state index in [1.165, 1.54) is 11.9 Å². The van der Waals surface area contributed by atoms with E-state index in [9.17, 15) is 9.59 Å². The first kappa shape index (κ1) is 14.9. The van der Waals surface area contributed by atoms with Crippen LogP contribution in [0.3, 0.4) is 0 Å². The summed E-state index contributed by atoms with van der Waals surface area (Å²) in [5.41, 5.74) is 0.445. The number of amides is 2. The number of carbonyl (C=O) groups excluding carboxylic acids is 1. The molecule has 5 nitrogen and oxygen atoms in total. The molecule has 1 aromatic carbocycles. The number of halogens is 1. The van der Waals surface area contributed by atoms with Gasteiger partial charge in [-0.3, -0.25) is 9.69 Å². The van der Waals surface area contributed by atoms with Gasteiger partial charge in [0.2, 0.25) is 0 Å². The summed E-state index contributed by atoms with van der Waals surface area (Å²) in [6, 6.07) is 5.84. The zero-order valence-electron chi connectivity index (χ0n) is 10.3. The van der Waals surface area contributed by atoms with Crippen LogP contribution in [0.1, 0.15) is 0 Å². The molecule has 0 saturated carbocycles. The first-order valence-corrected chi connectivity index (χ1v) is 5.77. The van der Waals surface area contributed by atoms with Gasteiger partial charge in [0.05, 0.1) is 6.54 Å². The highest BCUT2D eigenvalue weighted by atomic mass is 35.5. The van der Waals surface area contributed by atoms with Gasteiger partial charge in [-0.15, -0.1) is 6.42 Å². The van der Waals surface area contributed by atoms with Gasteiger partial charge in [-0.05, 0) is 24.3 Å². The molecule has 0 aromatic heterocycles. The van der Waals surface area contributed by atoms with Crippen molar-refractivity contribution >= 4 is 29.3 Å². The molecule has 19 heavy (non-hydrogen) atoms. The molecular weight excluding hydrogens is 268 g/mol. The van der Waals surface area contributed by atoms with Gasteiger partial charge in [-0.25, -0.2) is 4.79 Å². The summed E-state index contributed by atoms with van der Waals surface area (Å²) in [5.74, 6) is 1.21. The minimum absolute atomic E-state index is 0.0997. The monoisotopic (exact) mass is 280 g/mol. The predicted octanol–water partition coefficient (Wildman–Crippen LogP) is 1.92. The van der Waals surface area contributed by atoms with Crippen LogP contribution in [-0.4, -0.2) is 42.1 Å². The second-order valence-electron chi connectivity index (χ2n) is 3.80. The average molecular weight is 281 g/mol. The average Bonchev–Trinajstić information content (AvgIpc) is 2.36. The van der Waals surface area contributed by atoms with Gasteiger partial charge >= 0.3 is 12.0 Å². The molecule has 2 amide bonds. The van der Waals surface area contributed by atoms with E-state index in [0.29, 0.717) is 10.7 Å². The SMILES string of the molecule is C#CCN(C)C(=O)N(CC(=O)O)c1ccc(Cl)cc1. The van der Waals surface area contributed by atoms with Crippen LogP contribution in [0.2, 0.25) is 5.02 Å². The molecular formula is C13H13ClN2O3. The summed E-state index contributed by atoms with van der Waals surface area (Å²) >= 11 is 5.76. The standard InChI is InChI=1S/C13H13ClN2O3/c1-3-8-15(2)13(19)16(9-12(17)18)11-6-4-10(14)5-7-11/h1,4-7H,8-9H2,2H3,(H,17,18). The lowest BCUT2D eigenvalue weighted by atomic mass is 10.3. The summed E-state index contributed by atoms with van der Waals surface area (Å²) < 4.78 is 0. The second-order valence-corrected chi connectivity index (χ2v) is 4.24. The number of nitrogens with zero attached hydrogens (tertiary/aromatic N) is 2. The lowest BCUT2D eigenvalue weighted by molar-refractivity contribution is -0.135. The molecule has 0 saturated heterocycles. The molecule has 0 bridgehead atoms. The van der Waals surface area contributed by atoms with Crippen molar-refractivity contribution in [3.05, 3.63) is 29.3 Å². The number of terminal acetylenes is 1. The summed E-state index contributed by atoms with van der Waals surface area (Å²) in [4.78, 5) is 25.4. The van der Waals surface area contributed by atoms with Gasteiger partial charge in [-0.2, -0.15) is 0 Å². The molecule has 0 fully saturated rings. The highest BCUT2D eigenvalue weighted by Crippen LogP contribution is 2.19. The van der Waals surface area contributed by atoms with E-state index < -0.39 is 18.5 Å². The van der Waals surface area contributed by atoms with Gasteiger partial charge in [0, 0.05) is 17.8 Å². The zero-order valence-corrected chi connectivity index (χ0v) is 11.1. The van der Waals surface area contributed by atoms with Crippen molar-refractivity contribution in [3.63, 3.8) is 0 Å². The lowest BCUT2D eigenvalue weighted by Crippen LogP contribution is -2.44. The Morgan fingerprint density at radius 1 is 1.37 bits per heavy atom. The number of anilines is 1. The first-order chi connectivity index (χ1) is 8.95. The van der Waals surface area contributed by atoms with Crippen molar-refractivity contribution in [3.8, 4) is 12.3 Å². The molecule has 0 aliphatic carbocycles. The van der Waals surface area contributed by atoms with Gasteiger partial charge in [0.25, 0.3) is 0 Å². The van der Waals surface area contributed by atoms with E-state index in [4.69, 9.17) is 23.1 Å². The molecule has 100 valence electrons. The van der Waals surface area contributed by atoms with Crippen molar-refractivity contribution in [2.45, 2.75) is 0 Å². The molecule has 1 rings (SSSR count). The number of carboxylic acid groups (broad SMARTS) is 1. The van der Waals surface area contributed by atoms with Gasteiger partial charge < -0.3 is 10.0 Å². The molecule has 0 spiro atoms. The van der Waals surface area contributed by atoms with E-state index in [1.54, 1.807) is 24.3 Å². The first-order valence-electron chi connectivity index (χ1n) is 5.39. The van der Waals surface area contributed by atoms with Crippen LogP contribution in [0.15, 0.2) is 24.3 Å². The summed E-state index contributed by atoms with van der Waals surface area (Å²) in [5, 5.41) is 9.38. The Morgan fingerprint density at radius 2 is 1.95 bits per heavy atom. The van der Waals surface area contributed by atoms with Crippen molar-refractivity contribution in [2.24, 2.45) is 0 Å². The maximum atomic E-state index is 12.1. The maximum Gasteiger partial charge on any atom is 0.325 e. The molecule has 0 radical (unpaired) electrons. The maximum absolute atomic E-state index is 12.1. The van der Waals surface area contributed by atoms with E-state index >= 15 is 0 Å². The van der Waals surface area contributed by atoms with Crippen LogP contribution in [-0.2, 0) is 4.79 Å². The number of benzene rings is 1. The number of hydrogen-bond acceptors (Lipinski definition) is 2. The van der Waals surface area contributed by atoms with Crippen LogP contribution in [0.25, 0.3) is 0 Å². The highest BCUT2D eigenvalue weighted by Gasteiger charge is 2.21. The normalized spacial score (nSPS) is 9.53. The Kier molecular flexibility index (Phi) is 5.22. The van der Waals surface area contributed by atoms with Crippen LogP contribution in [0, 0.1) is 12.3 Å². The third kappa shape index (κ3) is 4.19. The third-order valence-electron chi connectivity index (χ3n) is 2.32. The molecule has 0 heterocycles. The number of urea groups is 1. The van der Waals surface area contributed by atoms with Crippen LogP contribution < -0.4 is 4.90 Å². The quantitative estimate of drug-likeness (QED) is 0.857. The van der Waals surface area contributed by atoms with Crippen molar-refractivity contribution in [1.29, 1.82) is 0 Å². The zero-order chi connectivity index (χ0) is 14.4. The number of rotatable bonds is 4. The Balaban J connectivity index is 3.01. The minimum Gasteiger partial charge on any atom is -0.480 e. The van der Waals surface area contributed by atoms with E-state index in [2.05, 4.69) is 5.92 Å². The summed E-state index contributed by atoms with van der Waals surface area (Å²) in [7, 11) is 1.51. The molecule has 0 unspecified atom stereocenters. The highest BCUT2D eigenvalue weighted by molar-refractivity contribution is 6.30. The molecule has 0 atom stereocenters. The van der Waals surface area contributed by atoms with E-state index in [0.717, 1.165) is 4.90 Å². The molecule has 1 N–H and O–H groups in total. The van der Waals surface area contributed by atoms with Crippen molar-refractivity contribution in [2.75, 3.05) is 25.0 Å². The fraction of sp³-hybridized carbons (Fsp3) is 0.231. The minimum atomic E-state index is -1.11. The fourth-order valence-corrected chi connectivity index (χ4v) is 1.56. The second kappa shape index (κ2) is 6.66. The molecule has 0 aliphatic heterocycles. The van der Waals surface area contributed by atoms with Crippen molar-refractivity contribution in [1.82, 2.24) is 4.90 Å². The molecule has 0 aliphatic rings. The predicted molar refractivity (Wildman–Crippen MR) is 73.3 cm³/mol. The smallest absolute Gasteiger partial charge is 0.325 e. The Hall–Kier alpha value is -2.19. The molecule has 1 aromatic rings. The lowest BCUT2D eigenvalue weighted by Gasteiger charge is -2.25. The molecule has 6 heteroatoms. The number of carbonyl (C=O) groups is 2. The third-order valence-corrected chi connectivity index (χ3v) is 2.57. The van der Waals surface area contributed by atoms with Crippen LogP contribution in [0.5, 0.6) is 0 Å². The summed E-state index contributed by atoms with van der Waals surface area (Å²) in [6.07, 6.45) is 5.13. The Labute approximate surface area is 116 Å². The Bertz CT molecular complexity index is 508. The number of carboxylic acids is 1. The van der Waals surface area contributed by atoms with E-state index in [-0.39, 0.29) is 6.54 Å². The van der Waals surface area contributed by atoms with Crippen LogP contribution in [0.4, 0.5) is 10.5 Å². The van der Waals surface area contributed by atoms with Gasteiger partial charge in [0.1, 0.15) is 6.54 Å². The fourth-order valence-electron chi connectivity index (χ4n) is 1.44. The summed E-state index contributed by atoms with van der Waals surface area (Å²) in [6.45, 7) is -0.349. The van der Waals surface area contributed by atoms with Gasteiger partial charge in [0.15, 0.2) is 0 Å². The Morgan fingerprint density at radius 3 is 2.42 bits per heavy atom. The number of hydrogen-bond donors (Lipinski definition) is 1. The largest absolute Gasteiger partial charge is 0.480 e. The van der Waals surface area contributed by atoms with Crippen LogP contribution >= 0.6 is 11.6 Å². The van der Waals surface area contributed by atoms with Crippen molar-refractivity contribution < 1.29 is 14.7 Å². The number of aliphatic carboxylic acids is 1. The topological polar surface area (TPSA) is 60.9 Å². The van der Waals surface area contributed by atoms with Gasteiger partial charge in [-0.1, -0.05) is 17.5 Å².